The van der Waals surface area contributed by atoms with Crippen molar-refractivity contribution in [1.82, 2.24) is 4.90 Å². The van der Waals surface area contributed by atoms with E-state index in [4.69, 9.17) is 10.7 Å². The molecule has 2 N–H and O–H groups in total. The summed E-state index contributed by atoms with van der Waals surface area (Å²) in [6, 6.07) is 17.4. The van der Waals surface area contributed by atoms with Gasteiger partial charge in [-0.1, -0.05) is 77.1 Å². The molecule has 3 heteroatoms. The van der Waals surface area contributed by atoms with Gasteiger partial charge in [-0.2, -0.15) is 0 Å². The Morgan fingerprint density at radius 2 is 1.78 bits per heavy atom. The summed E-state index contributed by atoms with van der Waals surface area (Å²) in [6.45, 7) is 13.6. The highest BCUT2D eigenvalue weighted by atomic mass is 15.2. The van der Waals surface area contributed by atoms with E-state index in [1.165, 1.54) is 16.7 Å². The Bertz CT molecular complexity index is 800. The van der Waals surface area contributed by atoms with Crippen molar-refractivity contribution >= 4 is 11.5 Å². The summed E-state index contributed by atoms with van der Waals surface area (Å²) in [4.78, 5) is 7.56. The number of amidine groups is 1. The third-order valence-corrected chi connectivity index (χ3v) is 5.48. The number of nitrogens with two attached hydrogens (primary N) is 1. The van der Waals surface area contributed by atoms with Crippen molar-refractivity contribution in [3.05, 3.63) is 65.2 Å². The van der Waals surface area contributed by atoms with Gasteiger partial charge in [0.2, 0.25) is 0 Å². The van der Waals surface area contributed by atoms with Gasteiger partial charge in [-0.05, 0) is 34.1 Å². The third kappa shape index (κ3) is 4.41. The molecule has 0 amide bonds. The topological polar surface area (TPSA) is 41.6 Å². The predicted molar refractivity (Wildman–Crippen MR) is 115 cm³/mol. The van der Waals surface area contributed by atoms with E-state index in [0.717, 1.165) is 24.6 Å². The second kappa shape index (κ2) is 7.85. The first-order valence-corrected chi connectivity index (χ1v) is 10.0. The maximum absolute atomic E-state index is 6.17. The summed E-state index contributed by atoms with van der Waals surface area (Å²) < 4.78 is 0. The van der Waals surface area contributed by atoms with Crippen molar-refractivity contribution in [1.29, 1.82) is 0 Å². The van der Waals surface area contributed by atoms with Gasteiger partial charge >= 0.3 is 0 Å². The third-order valence-electron chi connectivity index (χ3n) is 5.48. The maximum Gasteiger partial charge on any atom is 0.110 e. The zero-order chi connectivity index (χ0) is 19.6. The molecule has 0 bridgehead atoms. The average molecular weight is 364 g/mol. The van der Waals surface area contributed by atoms with E-state index in [9.17, 15) is 0 Å². The fraction of sp³-hybridized carbons (Fsp3) is 0.458. The van der Waals surface area contributed by atoms with Crippen LogP contribution in [0.3, 0.4) is 0 Å². The molecular formula is C24H33N3. The van der Waals surface area contributed by atoms with Crippen LogP contribution in [0.1, 0.15) is 51.3 Å². The SMILES string of the molecule is CC(C)C(CN)C1=Nc2cc(C(C)(C)C)ccc2CN1Cc1ccccc1. The van der Waals surface area contributed by atoms with Crippen molar-refractivity contribution in [2.75, 3.05) is 6.54 Å². The quantitative estimate of drug-likeness (QED) is 0.787. The molecule has 3 rings (SSSR count). The number of hydrogen-bond acceptors (Lipinski definition) is 3. The van der Waals surface area contributed by atoms with Crippen molar-refractivity contribution in [3.8, 4) is 0 Å². The minimum absolute atomic E-state index is 0.122. The van der Waals surface area contributed by atoms with Crippen molar-refractivity contribution in [2.45, 2.75) is 53.1 Å². The normalized spacial score (nSPS) is 15.5. The van der Waals surface area contributed by atoms with Crippen molar-refractivity contribution in [2.24, 2.45) is 22.6 Å². The molecule has 2 aromatic rings. The van der Waals surface area contributed by atoms with Crippen LogP contribution < -0.4 is 5.73 Å². The summed E-state index contributed by atoms with van der Waals surface area (Å²) in [5, 5.41) is 0. The lowest BCUT2D eigenvalue weighted by molar-refractivity contribution is 0.351. The van der Waals surface area contributed by atoms with E-state index in [-0.39, 0.29) is 11.3 Å². The van der Waals surface area contributed by atoms with Crippen LogP contribution in [-0.4, -0.2) is 17.3 Å². The smallest absolute Gasteiger partial charge is 0.110 e. The lowest BCUT2D eigenvalue weighted by atomic mass is 9.85. The second-order valence-electron chi connectivity index (χ2n) is 8.99. The highest BCUT2D eigenvalue weighted by Gasteiger charge is 2.28. The Morgan fingerprint density at radius 1 is 1.07 bits per heavy atom. The molecule has 0 fully saturated rings. The van der Waals surface area contributed by atoms with Gasteiger partial charge in [0.05, 0.1) is 5.69 Å². The fourth-order valence-electron chi connectivity index (χ4n) is 3.68. The molecule has 0 saturated carbocycles. The molecule has 1 heterocycles. The van der Waals surface area contributed by atoms with Crippen LogP contribution in [-0.2, 0) is 18.5 Å². The minimum Gasteiger partial charge on any atom is -0.351 e. The van der Waals surface area contributed by atoms with Gasteiger partial charge in [0.15, 0.2) is 0 Å². The number of hydrogen-bond donors (Lipinski definition) is 1. The predicted octanol–water partition coefficient (Wildman–Crippen LogP) is 5.26. The molecule has 27 heavy (non-hydrogen) atoms. The number of aliphatic imine (C=N–C) groups is 1. The number of benzene rings is 2. The van der Waals surface area contributed by atoms with E-state index >= 15 is 0 Å². The number of fused-ring (bicyclic) bond motifs is 1. The Morgan fingerprint density at radius 3 is 2.37 bits per heavy atom. The lowest BCUT2D eigenvalue weighted by Gasteiger charge is -2.36. The standard InChI is InChI=1S/C24H33N3/c1-17(2)21(14-25)23-26-22-13-20(24(3,4)5)12-11-19(22)16-27(23)15-18-9-7-6-8-10-18/h6-13,17,21H,14-16,25H2,1-5H3. The van der Waals surface area contributed by atoms with Gasteiger partial charge in [0, 0.05) is 25.6 Å². The molecule has 1 atom stereocenters. The highest BCUT2D eigenvalue weighted by molar-refractivity contribution is 5.89. The number of rotatable bonds is 5. The van der Waals surface area contributed by atoms with Gasteiger partial charge in [0.1, 0.15) is 5.84 Å². The van der Waals surface area contributed by atoms with Gasteiger partial charge in [0.25, 0.3) is 0 Å². The molecule has 144 valence electrons. The van der Waals surface area contributed by atoms with E-state index in [0.29, 0.717) is 12.5 Å². The zero-order valence-corrected chi connectivity index (χ0v) is 17.4. The van der Waals surface area contributed by atoms with Gasteiger partial charge < -0.3 is 10.6 Å². The largest absolute Gasteiger partial charge is 0.351 e. The molecular weight excluding hydrogens is 330 g/mol. The van der Waals surface area contributed by atoms with Crippen LogP contribution in [0.5, 0.6) is 0 Å². The van der Waals surface area contributed by atoms with Crippen molar-refractivity contribution < 1.29 is 0 Å². The first kappa shape index (κ1) is 19.6. The molecule has 0 aromatic heterocycles. The maximum atomic E-state index is 6.17. The molecule has 1 unspecified atom stereocenters. The molecule has 1 aliphatic rings. The zero-order valence-electron chi connectivity index (χ0n) is 17.4. The van der Waals surface area contributed by atoms with E-state index in [1.54, 1.807) is 0 Å². The minimum atomic E-state index is 0.122. The summed E-state index contributed by atoms with van der Waals surface area (Å²) in [5.74, 6) is 1.86. The summed E-state index contributed by atoms with van der Waals surface area (Å²) >= 11 is 0. The van der Waals surface area contributed by atoms with Crippen LogP contribution in [0, 0.1) is 11.8 Å². The first-order valence-electron chi connectivity index (χ1n) is 10.0. The Labute approximate surface area is 164 Å². The highest BCUT2D eigenvalue weighted by Crippen LogP contribution is 2.34. The van der Waals surface area contributed by atoms with E-state index in [2.05, 4.69) is 88.0 Å². The van der Waals surface area contributed by atoms with Gasteiger partial charge in [-0.3, -0.25) is 0 Å². The molecule has 3 nitrogen and oxygen atoms in total. The fourth-order valence-corrected chi connectivity index (χ4v) is 3.68. The van der Waals surface area contributed by atoms with Crippen LogP contribution in [0.2, 0.25) is 0 Å². The summed E-state index contributed by atoms with van der Waals surface area (Å²) in [6.07, 6.45) is 0. The Balaban J connectivity index is 2.02. The van der Waals surface area contributed by atoms with Crippen LogP contribution in [0.15, 0.2) is 53.5 Å². The van der Waals surface area contributed by atoms with Gasteiger partial charge in [-0.25, -0.2) is 4.99 Å². The van der Waals surface area contributed by atoms with E-state index in [1.807, 2.05) is 0 Å². The first-order chi connectivity index (χ1) is 12.8. The molecule has 0 saturated heterocycles. The second-order valence-corrected chi connectivity index (χ2v) is 8.99. The molecule has 0 aliphatic carbocycles. The Kier molecular flexibility index (Phi) is 5.71. The van der Waals surface area contributed by atoms with Crippen molar-refractivity contribution in [3.63, 3.8) is 0 Å². The van der Waals surface area contributed by atoms with Gasteiger partial charge in [-0.15, -0.1) is 0 Å². The van der Waals surface area contributed by atoms with Crippen LogP contribution in [0.25, 0.3) is 0 Å². The van der Waals surface area contributed by atoms with E-state index < -0.39 is 0 Å². The lowest BCUT2D eigenvalue weighted by Crippen LogP contribution is -2.42. The summed E-state index contributed by atoms with van der Waals surface area (Å²) in [7, 11) is 0. The molecule has 1 aliphatic heterocycles. The molecule has 0 spiro atoms. The van der Waals surface area contributed by atoms with Crippen LogP contribution >= 0.6 is 0 Å². The van der Waals surface area contributed by atoms with Crippen LogP contribution in [0.4, 0.5) is 5.69 Å². The Hall–Kier alpha value is -2.13. The summed E-state index contributed by atoms with van der Waals surface area (Å²) in [5.41, 5.74) is 11.3. The monoisotopic (exact) mass is 363 g/mol. The molecule has 0 radical (unpaired) electrons. The number of nitrogens with zero attached hydrogens (tertiary/aromatic N) is 2. The average Bonchev–Trinajstić information content (AvgIpc) is 2.62. The molecule has 2 aromatic carbocycles.